The fourth-order valence-electron chi connectivity index (χ4n) is 2.76. The molecule has 1 aromatic rings. The molecule has 4 heteroatoms. The molecule has 0 bridgehead atoms. The lowest BCUT2D eigenvalue weighted by atomic mass is 9.94. The van der Waals surface area contributed by atoms with Crippen LogP contribution in [0, 0.1) is 26.7 Å². The van der Waals surface area contributed by atoms with Crippen LogP contribution >= 0.6 is 0 Å². The van der Waals surface area contributed by atoms with Gasteiger partial charge in [-0.25, -0.2) is 0 Å². The molecule has 0 amide bonds. The molecule has 0 aliphatic heterocycles. The molecule has 1 unspecified atom stereocenters. The van der Waals surface area contributed by atoms with E-state index in [2.05, 4.69) is 35.9 Å². The van der Waals surface area contributed by atoms with E-state index in [1.807, 2.05) is 6.92 Å². The van der Waals surface area contributed by atoms with Crippen LogP contribution in [0.15, 0.2) is 0 Å². The first-order valence-corrected chi connectivity index (χ1v) is 6.90. The van der Waals surface area contributed by atoms with Gasteiger partial charge in [0, 0.05) is 5.69 Å². The number of aliphatic hydroxyl groups is 1. The fourth-order valence-corrected chi connectivity index (χ4v) is 2.76. The summed E-state index contributed by atoms with van der Waals surface area (Å²) >= 11 is 0. The molecule has 2 rings (SSSR count). The lowest BCUT2D eigenvalue weighted by Crippen LogP contribution is -2.54. The van der Waals surface area contributed by atoms with Gasteiger partial charge in [0.05, 0.1) is 24.4 Å². The van der Waals surface area contributed by atoms with Crippen molar-refractivity contribution in [3.8, 4) is 0 Å². The normalized spacial score (nSPS) is 18.9. The molecule has 18 heavy (non-hydrogen) atoms. The first-order chi connectivity index (χ1) is 8.54. The predicted molar refractivity (Wildman–Crippen MR) is 72.7 cm³/mol. The maximum atomic E-state index is 9.84. The molecule has 1 saturated carbocycles. The van der Waals surface area contributed by atoms with Crippen LogP contribution in [0.3, 0.4) is 0 Å². The molecule has 0 saturated heterocycles. The van der Waals surface area contributed by atoms with Crippen molar-refractivity contribution in [1.82, 2.24) is 15.1 Å². The van der Waals surface area contributed by atoms with Crippen LogP contribution < -0.4 is 5.32 Å². The Labute approximate surface area is 109 Å². The van der Waals surface area contributed by atoms with Crippen molar-refractivity contribution >= 4 is 0 Å². The summed E-state index contributed by atoms with van der Waals surface area (Å²) in [5, 5.41) is 17.9. The SMILES string of the molecule is CCNC(CO)(Cn1nc(C)c(C)c1C)C1CC1. The molecule has 1 aliphatic rings. The van der Waals surface area contributed by atoms with Crippen LogP contribution in [0.4, 0.5) is 0 Å². The van der Waals surface area contributed by atoms with Crippen molar-refractivity contribution in [2.45, 2.75) is 52.6 Å². The van der Waals surface area contributed by atoms with E-state index in [4.69, 9.17) is 0 Å². The molecule has 1 heterocycles. The quantitative estimate of drug-likeness (QED) is 0.806. The summed E-state index contributed by atoms with van der Waals surface area (Å²) < 4.78 is 2.06. The van der Waals surface area contributed by atoms with Crippen LogP contribution in [-0.2, 0) is 6.54 Å². The second-order valence-corrected chi connectivity index (χ2v) is 5.57. The molecular formula is C14H25N3O. The number of rotatable bonds is 6. The van der Waals surface area contributed by atoms with Gasteiger partial charge in [-0.15, -0.1) is 0 Å². The Bertz CT molecular complexity index is 423. The Balaban J connectivity index is 2.25. The summed E-state index contributed by atoms with van der Waals surface area (Å²) in [6.07, 6.45) is 2.43. The average molecular weight is 251 g/mol. The Morgan fingerprint density at radius 2 is 2.06 bits per heavy atom. The number of aryl methyl sites for hydroxylation is 1. The van der Waals surface area contributed by atoms with Gasteiger partial charge in [-0.05, 0) is 51.6 Å². The van der Waals surface area contributed by atoms with Gasteiger partial charge in [0.15, 0.2) is 0 Å². The van der Waals surface area contributed by atoms with Crippen molar-refractivity contribution in [2.24, 2.45) is 5.92 Å². The smallest absolute Gasteiger partial charge is 0.0641 e. The highest BCUT2D eigenvalue weighted by Gasteiger charge is 2.45. The lowest BCUT2D eigenvalue weighted by molar-refractivity contribution is 0.119. The monoisotopic (exact) mass is 251 g/mol. The maximum Gasteiger partial charge on any atom is 0.0641 e. The van der Waals surface area contributed by atoms with E-state index in [1.54, 1.807) is 0 Å². The zero-order valence-electron chi connectivity index (χ0n) is 12.0. The maximum absolute atomic E-state index is 9.84. The van der Waals surface area contributed by atoms with E-state index < -0.39 is 0 Å². The summed E-state index contributed by atoms with van der Waals surface area (Å²) in [6.45, 7) is 10.2. The molecule has 4 nitrogen and oxygen atoms in total. The summed E-state index contributed by atoms with van der Waals surface area (Å²) in [6, 6.07) is 0. The number of hydrogen-bond acceptors (Lipinski definition) is 3. The minimum Gasteiger partial charge on any atom is -0.394 e. The summed E-state index contributed by atoms with van der Waals surface area (Å²) in [5.74, 6) is 0.590. The molecule has 1 atom stereocenters. The van der Waals surface area contributed by atoms with Crippen molar-refractivity contribution in [1.29, 1.82) is 0 Å². The van der Waals surface area contributed by atoms with Crippen molar-refractivity contribution in [3.05, 3.63) is 17.0 Å². The summed E-state index contributed by atoms with van der Waals surface area (Å²) in [4.78, 5) is 0. The second kappa shape index (κ2) is 5.02. The zero-order chi connectivity index (χ0) is 13.3. The highest BCUT2D eigenvalue weighted by atomic mass is 16.3. The van der Waals surface area contributed by atoms with Crippen LogP contribution in [-0.4, -0.2) is 33.6 Å². The second-order valence-electron chi connectivity index (χ2n) is 5.57. The van der Waals surface area contributed by atoms with Gasteiger partial charge < -0.3 is 10.4 Å². The minimum atomic E-state index is -0.190. The molecule has 1 aliphatic carbocycles. The third-order valence-corrected chi connectivity index (χ3v) is 4.35. The number of nitrogens with zero attached hydrogens (tertiary/aromatic N) is 2. The molecule has 102 valence electrons. The third-order valence-electron chi connectivity index (χ3n) is 4.35. The Hall–Kier alpha value is -0.870. The van der Waals surface area contributed by atoms with Crippen LogP contribution in [0.2, 0.25) is 0 Å². The van der Waals surface area contributed by atoms with Crippen molar-refractivity contribution in [2.75, 3.05) is 13.2 Å². The summed E-state index contributed by atoms with van der Waals surface area (Å²) in [5.41, 5.74) is 3.37. The largest absolute Gasteiger partial charge is 0.394 e. The van der Waals surface area contributed by atoms with Crippen LogP contribution in [0.25, 0.3) is 0 Å². The van der Waals surface area contributed by atoms with E-state index in [1.165, 1.54) is 24.1 Å². The minimum absolute atomic E-state index is 0.183. The molecule has 0 aromatic carbocycles. The molecule has 1 fully saturated rings. The molecule has 1 aromatic heterocycles. The molecular weight excluding hydrogens is 226 g/mol. The standard InChI is InChI=1S/C14H25N3O/c1-5-15-14(9-18,13-6-7-13)8-17-12(4)10(2)11(3)16-17/h13,15,18H,5-9H2,1-4H3. The Morgan fingerprint density at radius 1 is 1.39 bits per heavy atom. The van der Waals surface area contributed by atoms with Gasteiger partial charge in [-0.1, -0.05) is 6.92 Å². The molecule has 0 radical (unpaired) electrons. The van der Waals surface area contributed by atoms with E-state index in [0.717, 1.165) is 18.8 Å². The van der Waals surface area contributed by atoms with Gasteiger partial charge in [0.2, 0.25) is 0 Å². The van der Waals surface area contributed by atoms with E-state index in [0.29, 0.717) is 5.92 Å². The Morgan fingerprint density at radius 3 is 2.44 bits per heavy atom. The molecule has 0 spiro atoms. The number of nitrogens with one attached hydrogen (secondary N) is 1. The lowest BCUT2D eigenvalue weighted by Gasteiger charge is -2.33. The predicted octanol–water partition coefficient (Wildman–Crippen LogP) is 1.56. The van der Waals surface area contributed by atoms with Gasteiger partial charge >= 0.3 is 0 Å². The van der Waals surface area contributed by atoms with Gasteiger partial charge in [-0.3, -0.25) is 4.68 Å². The van der Waals surface area contributed by atoms with Crippen LogP contribution in [0.5, 0.6) is 0 Å². The highest BCUT2D eigenvalue weighted by molar-refractivity contribution is 5.22. The van der Waals surface area contributed by atoms with E-state index in [9.17, 15) is 5.11 Å². The van der Waals surface area contributed by atoms with Crippen molar-refractivity contribution in [3.63, 3.8) is 0 Å². The number of likely N-dealkylation sites (N-methyl/N-ethyl adjacent to an activating group) is 1. The Kier molecular flexibility index (Phi) is 3.78. The van der Waals surface area contributed by atoms with Gasteiger partial charge in [-0.2, -0.15) is 5.10 Å². The van der Waals surface area contributed by atoms with Crippen LogP contribution in [0.1, 0.15) is 36.7 Å². The summed E-state index contributed by atoms with van der Waals surface area (Å²) in [7, 11) is 0. The zero-order valence-corrected chi connectivity index (χ0v) is 12.0. The van der Waals surface area contributed by atoms with Gasteiger partial charge in [0.1, 0.15) is 0 Å². The molecule has 2 N–H and O–H groups in total. The van der Waals surface area contributed by atoms with Crippen molar-refractivity contribution < 1.29 is 5.11 Å². The van der Waals surface area contributed by atoms with Gasteiger partial charge in [0.25, 0.3) is 0 Å². The van der Waals surface area contributed by atoms with E-state index >= 15 is 0 Å². The first-order valence-electron chi connectivity index (χ1n) is 6.90. The van der Waals surface area contributed by atoms with E-state index in [-0.39, 0.29) is 12.1 Å². The third kappa shape index (κ3) is 2.31. The topological polar surface area (TPSA) is 50.1 Å². The fraction of sp³-hybridized carbons (Fsp3) is 0.786. The first kappa shape index (κ1) is 13.6. The number of aromatic nitrogens is 2. The average Bonchev–Trinajstić information content (AvgIpc) is 3.16. The number of aliphatic hydroxyl groups excluding tert-OH is 1. The highest BCUT2D eigenvalue weighted by Crippen LogP contribution is 2.40. The number of hydrogen-bond donors (Lipinski definition) is 2.